The first-order chi connectivity index (χ1) is 4.41. The molecule has 1 heterocycles. The van der Waals surface area contributed by atoms with Crippen LogP contribution in [0.3, 0.4) is 0 Å². The van der Waals surface area contributed by atoms with E-state index in [2.05, 4.69) is 20.7 Å². The second-order valence-corrected chi connectivity index (χ2v) is 1.78. The molecule has 0 aromatic rings. The fourth-order valence-corrected chi connectivity index (χ4v) is 0.453. The molecule has 0 spiro atoms. The Morgan fingerprint density at radius 3 is 1.22 bits per heavy atom. The predicted molar refractivity (Wildman–Crippen MR) is 45.8 cm³/mol. The highest BCUT2D eigenvalue weighted by atomic mass is 15.0. The van der Waals surface area contributed by atoms with E-state index >= 15 is 0 Å². The molecule has 0 aliphatic carbocycles. The van der Waals surface area contributed by atoms with Gasteiger partial charge in [-0.1, -0.05) is 0 Å². The third-order valence-electron chi connectivity index (χ3n) is 0.750. The van der Waals surface area contributed by atoms with Gasteiger partial charge in [0.25, 0.3) is 22.6 Å². The van der Waals surface area contributed by atoms with Crippen molar-refractivity contribution in [1.82, 2.24) is 20.7 Å². The average molecular weight is 126 g/mol. The van der Waals surface area contributed by atoms with Crippen LogP contribution in [0.1, 0.15) is 0 Å². The largest absolute Gasteiger partial charge is 0.378 e. The molecule has 1 rings (SSSR count). The average Bonchev–Trinajstić information content (AvgIpc) is 1.93. The highest BCUT2D eigenvalue weighted by Crippen LogP contribution is 1.46. The highest BCUT2D eigenvalue weighted by molar-refractivity contribution is 6.65. The van der Waals surface area contributed by atoms with Crippen LogP contribution < -0.4 is 20.7 Å². The Balaban J connectivity index is 0.000000187. The normalized spacial score (nSPS) is 15.3. The molecule has 0 aromatic carbocycles. The summed E-state index contributed by atoms with van der Waals surface area (Å²) in [6.07, 6.45) is 0. The first kappa shape index (κ1) is 9.03. The molecule has 0 unspecified atom stereocenters. The van der Waals surface area contributed by atoms with Crippen molar-refractivity contribution in [2.24, 2.45) is 0 Å². The minimum absolute atomic E-state index is 0.938. The fourth-order valence-electron chi connectivity index (χ4n) is 0.453. The van der Waals surface area contributed by atoms with Gasteiger partial charge in [0.1, 0.15) is 0 Å². The SMILES string of the molecule is B1NBNBN1.CNC. The lowest BCUT2D eigenvalue weighted by Crippen LogP contribution is -2.55. The summed E-state index contributed by atoms with van der Waals surface area (Å²) in [5.41, 5.74) is 0. The molecule has 0 aromatic heterocycles. The van der Waals surface area contributed by atoms with Crippen molar-refractivity contribution >= 4 is 22.6 Å². The van der Waals surface area contributed by atoms with Crippen molar-refractivity contribution < 1.29 is 0 Å². The Labute approximate surface area is 58.4 Å². The summed E-state index contributed by atoms with van der Waals surface area (Å²) in [5.74, 6) is 0. The van der Waals surface area contributed by atoms with E-state index in [0.29, 0.717) is 0 Å². The standard InChI is InChI=1S/C2H7N.B3H6N3/c1-3-2;1-4-2-6-3-5-1/h3H,1-2H3;1-6H. The first-order valence-corrected chi connectivity index (χ1v) is 3.12. The quantitative estimate of drug-likeness (QED) is 0.253. The van der Waals surface area contributed by atoms with Gasteiger partial charge in [-0.15, -0.1) is 0 Å². The van der Waals surface area contributed by atoms with Crippen molar-refractivity contribution in [2.75, 3.05) is 14.1 Å². The molecule has 0 radical (unpaired) electrons. The molecule has 50 valence electrons. The summed E-state index contributed by atoms with van der Waals surface area (Å²) in [4.78, 5) is 0. The fraction of sp³-hybridized carbons (Fsp3) is 1.00. The van der Waals surface area contributed by atoms with E-state index in [0.717, 1.165) is 22.6 Å². The van der Waals surface area contributed by atoms with Crippen LogP contribution in [-0.2, 0) is 0 Å². The Kier molecular flexibility index (Phi) is 8.07. The maximum atomic E-state index is 3.06. The molecule has 1 fully saturated rings. The number of nitrogens with one attached hydrogen (secondary N) is 4. The van der Waals surface area contributed by atoms with Crippen molar-refractivity contribution in [3.63, 3.8) is 0 Å². The van der Waals surface area contributed by atoms with E-state index in [1.807, 2.05) is 14.1 Å². The molecule has 4 N–H and O–H groups in total. The minimum Gasteiger partial charge on any atom is -0.378 e. The third-order valence-corrected chi connectivity index (χ3v) is 0.750. The van der Waals surface area contributed by atoms with Gasteiger partial charge in [0, 0.05) is 0 Å². The molecule has 1 aliphatic heterocycles. The third kappa shape index (κ3) is 8.03. The molecular weight excluding hydrogens is 112 g/mol. The molecule has 0 saturated carbocycles. The molecule has 0 amide bonds. The van der Waals surface area contributed by atoms with Gasteiger partial charge in [-0.3, -0.25) is 0 Å². The summed E-state index contributed by atoms with van der Waals surface area (Å²) >= 11 is 0. The smallest absolute Gasteiger partial charge is 0.265 e. The molecular formula is C2H13B3N4. The van der Waals surface area contributed by atoms with Crippen LogP contribution in [0, 0.1) is 0 Å². The van der Waals surface area contributed by atoms with Crippen LogP contribution in [-0.4, -0.2) is 36.7 Å². The number of rotatable bonds is 0. The van der Waals surface area contributed by atoms with E-state index in [9.17, 15) is 0 Å². The van der Waals surface area contributed by atoms with Crippen molar-refractivity contribution in [3.05, 3.63) is 0 Å². The lowest BCUT2D eigenvalue weighted by Gasteiger charge is -2.08. The molecule has 0 atom stereocenters. The van der Waals surface area contributed by atoms with Crippen LogP contribution in [0.2, 0.25) is 0 Å². The van der Waals surface area contributed by atoms with Crippen LogP contribution in [0.15, 0.2) is 0 Å². The summed E-state index contributed by atoms with van der Waals surface area (Å²) < 4.78 is 0. The van der Waals surface area contributed by atoms with Gasteiger partial charge < -0.3 is 20.7 Å². The molecule has 4 nitrogen and oxygen atoms in total. The summed E-state index contributed by atoms with van der Waals surface area (Å²) in [6, 6.07) is 0. The maximum absolute atomic E-state index is 3.06. The van der Waals surface area contributed by atoms with E-state index in [1.54, 1.807) is 0 Å². The van der Waals surface area contributed by atoms with Crippen molar-refractivity contribution in [1.29, 1.82) is 0 Å². The second kappa shape index (κ2) is 8.03. The van der Waals surface area contributed by atoms with Gasteiger partial charge in [-0.2, -0.15) is 0 Å². The van der Waals surface area contributed by atoms with Crippen LogP contribution >= 0.6 is 0 Å². The lowest BCUT2D eigenvalue weighted by molar-refractivity contribution is 1.02. The van der Waals surface area contributed by atoms with E-state index in [4.69, 9.17) is 0 Å². The van der Waals surface area contributed by atoms with Gasteiger partial charge in [0.05, 0.1) is 0 Å². The first-order valence-electron chi connectivity index (χ1n) is 3.12. The topological polar surface area (TPSA) is 48.1 Å². The zero-order valence-electron chi connectivity index (χ0n) is 6.12. The van der Waals surface area contributed by atoms with Crippen molar-refractivity contribution in [3.8, 4) is 0 Å². The monoisotopic (exact) mass is 126 g/mol. The molecule has 0 bridgehead atoms. The van der Waals surface area contributed by atoms with E-state index in [1.165, 1.54) is 0 Å². The Morgan fingerprint density at radius 1 is 0.889 bits per heavy atom. The highest BCUT2D eigenvalue weighted by Gasteiger charge is 1.97. The molecule has 7 heteroatoms. The van der Waals surface area contributed by atoms with Gasteiger partial charge in [-0.05, 0) is 14.1 Å². The maximum Gasteiger partial charge on any atom is 0.265 e. The molecule has 1 saturated heterocycles. The van der Waals surface area contributed by atoms with Gasteiger partial charge in [0.15, 0.2) is 0 Å². The number of hydrogen-bond donors (Lipinski definition) is 4. The van der Waals surface area contributed by atoms with Crippen LogP contribution in [0.5, 0.6) is 0 Å². The van der Waals surface area contributed by atoms with Crippen LogP contribution in [0.4, 0.5) is 0 Å². The Hall–Kier alpha value is 0.0348. The molecule has 1 aliphatic rings. The predicted octanol–water partition coefficient (Wildman–Crippen LogP) is -3.60. The second-order valence-electron chi connectivity index (χ2n) is 1.78. The van der Waals surface area contributed by atoms with Gasteiger partial charge in [0.2, 0.25) is 0 Å². The summed E-state index contributed by atoms with van der Waals surface area (Å²) in [6.45, 7) is 0. The van der Waals surface area contributed by atoms with Crippen LogP contribution in [0.25, 0.3) is 0 Å². The van der Waals surface area contributed by atoms with Gasteiger partial charge in [-0.25, -0.2) is 0 Å². The zero-order chi connectivity index (χ0) is 6.95. The minimum atomic E-state index is 0.938. The summed E-state index contributed by atoms with van der Waals surface area (Å²) in [7, 11) is 6.56. The Morgan fingerprint density at radius 2 is 1.11 bits per heavy atom. The van der Waals surface area contributed by atoms with E-state index in [-0.39, 0.29) is 0 Å². The van der Waals surface area contributed by atoms with Crippen molar-refractivity contribution in [2.45, 2.75) is 0 Å². The number of hydrogen-bond acceptors (Lipinski definition) is 4. The van der Waals surface area contributed by atoms with E-state index < -0.39 is 0 Å². The molecule has 9 heavy (non-hydrogen) atoms. The van der Waals surface area contributed by atoms with Gasteiger partial charge >= 0.3 is 0 Å². The lowest BCUT2D eigenvalue weighted by atomic mass is 9.85. The zero-order valence-corrected chi connectivity index (χ0v) is 6.12. The Bertz CT molecular complexity index is 37.6. The summed E-state index contributed by atoms with van der Waals surface area (Å²) in [5, 5.41) is 11.9.